The molecule has 0 aliphatic rings. The molecule has 3 N–H and O–H groups in total. The molecule has 180 valence electrons. The molecule has 0 saturated heterocycles. The molecule has 4 nitrogen and oxygen atoms in total. The van der Waals surface area contributed by atoms with Gasteiger partial charge in [-0.25, -0.2) is 0 Å². The first kappa shape index (κ1) is 26.7. The zero-order valence-corrected chi connectivity index (χ0v) is 20.9. The second-order valence-corrected chi connectivity index (χ2v) is 9.11. The lowest BCUT2D eigenvalue weighted by Crippen LogP contribution is -2.02. The second-order valence-electron chi connectivity index (χ2n) is 9.11. The van der Waals surface area contributed by atoms with Gasteiger partial charge in [0.2, 0.25) is 0 Å². The van der Waals surface area contributed by atoms with Crippen molar-refractivity contribution in [2.75, 3.05) is 0 Å². The van der Waals surface area contributed by atoms with Gasteiger partial charge in [-0.3, -0.25) is 4.79 Å². The highest BCUT2D eigenvalue weighted by Crippen LogP contribution is 2.36. The van der Waals surface area contributed by atoms with Crippen LogP contribution in [-0.2, 0) is 12.8 Å². The molecule has 0 spiro atoms. The van der Waals surface area contributed by atoms with Crippen LogP contribution in [0, 0.1) is 0 Å². The van der Waals surface area contributed by atoms with Gasteiger partial charge in [0.15, 0.2) is 5.78 Å². The number of aromatic hydroxyl groups is 3. The lowest BCUT2D eigenvalue weighted by molar-refractivity contribution is 0.104. The highest BCUT2D eigenvalue weighted by molar-refractivity contribution is 6.09. The second kappa shape index (κ2) is 12.6. The monoisotopic (exact) mass is 460 g/mol. The highest BCUT2D eigenvalue weighted by Gasteiger charge is 2.19. The summed E-state index contributed by atoms with van der Waals surface area (Å²) >= 11 is 0. The van der Waals surface area contributed by atoms with Gasteiger partial charge in [-0.2, -0.15) is 0 Å². The van der Waals surface area contributed by atoms with Crippen LogP contribution in [0.15, 0.2) is 71.4 Å². The van der Waals surface area contributed by atoms with E-state index in [4.69, 9.17) is 0 Å². The maximum Gasteiger partial charge on any atom is 0.189 e. The van der Waals surface area contributed by atoms with Gasteiger partial charge in [-0.15, -0.1) is 0 Å². The minimum absolute atomic E-state index is 0.0300. The van der Waals surface area contributed by atoms with Crippen molar-refractivity contribution in [1.29, 1.82) is 0 Å². The Labute approximate surface area is 203 Å². The van der Waals surface area contributed by atoms with E-state index in [1.165, 1.54) is 17.2 Å². The van der Waals surface area contributed by atoms with Crippen LogP contribution in [0.3, 0.4) is 0 Å². The molecule has 0 bridgehead atoms. The van der Waals surface area contributed by atoms with E-state index in [1.807, 2.05) is 19.9 Å². The van der Waals surface area contributed by atoms with Crippen molar-refractivity contribution in [3.63, 3.8) is 0 Å². The molecule has 2 aromatic carbocycles. The van der Waals surface area contributed by atoms with E-state index in [-0.39, 0.29) is 28.6 Å². The quantitative estimate of drug-likeness (QED) is 0.195. The zero-order valence-electron chi connectivity index (χ0n) is 20.9. The summed E-state index contributed by atoms with van der Waals surface area (Å²) in [6, 6.07) is 8.07. The molecular formula is C30H36O4. The molecule has 0 radical (unpaired) electrons. The van der Waals surface area contributed by atoms with Crippen molar-refractivity contribution in [3.05, 3.63) is 93.6 Å². The van der Waals surface area contributed by atoms with E-state index in [2.05, 4.69) is 32.9 Å². The molecule has 0 aliphatic heterocycles. The SMILES string of the molecule is CC(C)=CCC/C(C)=C/Cc1cc(C(=O)/C=C/c2ccc(O)cc2)c(O)c(CC=C(C)C)c1O. The van der Waals surface area contributed by atoms with E-state index in [1.54, 1.807) is 36.4 Å². The fourth-order valence-electron chi connectivity index (χ4n) is 3.44. The van der Waals surface area contributed by atoms with Gasteiger partial charge in [0, 0.05) is 5.56 Å². The Bertz CT molecular complexity index is 1120. The van der Waals surface area contributed by atoms with Crippen LogP contribution in [0.4, 0.5) is 0 Å². The fraction of sp³-hybridized carbons (Fsp3) is 0.300. The minimum Gasteiger partial charge on any atom is -0.508 e. The molecule has 34 heavy (non-hydrogen) atoms. The smallest absolute Gasteiger partial charge is 0.189 e. The average molecular weight is 461 g/mol. The molecular weight excluding hydrogens is 424 g/mol. The minimum atomic E-state index is -0.352. The standard InChI is InChI=1S/C30H36O4/c1-20(2)7-6-8-22(5)10-14-24-19-27(30(34)26(29(24)33)17-9-21(3)4)28(32)18-13-23-11-15-25(31)16-12-23/h7,9-13,15-16,18-19,31,33-34H,6,8,14,17H2,1-5H3/b18-13+,22-10+. The Morgan fingerprint density at radius 2 is 1.47 bits per heavy atom. The average Bonchev–Trinajstić information content (AvgIpc) is 2.77. The molecule has 0 atom stereocenters. The number of carbonyl (C=O) groups excluding carboxylic acids is 1. The van der Waals surface area contributed by atoms with Crippen LogP contribution < -0.4 is 0 Å². The molecule has 2 aromatic rings. The molecule has 0 amide bonds. The Morgan fingerprint density at radius 3 is 2.09 bits per heavy atom. The van der Waals surface area contributed by atoms with Crippen LogP contribution in [-0.4, -0.2) is 21.1 Å². The summed E-state index contributed by atoms with van der Waals surface area (Å²) in [5.74, 6) is -0.363. The first-order valence-electron chi connectivity index (χ1n) is 11.6. The number of hydrogen-bond acceptors (Lipinski definition) is 4. The molecule has 0 unspecified atom stereocenters. The van der Waals surface area contributed by atoms with Gasteiger partial charge in [-0.1, -0.05) is 53.2 Å². The summed E-state index contributed by atoms with van der Waals surface area (Å²) < 4.78 is 0. The van der Waals surface area contributed by atoms with Gasteiger partial charge in [0.25, 0.3) is 0 Å². The Morgan fingerprint density at radius 1 is 0.824 bits per heavy atom. The molecule has 0 aromatic heterocycles. The first-order chi connectivity index (χ1) is 16.1. The van der Waals surface area contributed by atoms with Crippen LogP contribution >= 0.6 is 0 Å². The van der Waals surface area contributed by atoms with Crippen molar-refractivity contribution in [2.24, 2.45) is 0 Å². The number of phenols is 3. The number of ketones is 1. The summed E-state index contributed by atoms with van der Waals surface area (Å²) in [6.45, 7) is 10.1. The molecule has 0 fully saturated rings. The summed E-state index contributed by atoms with van der Waals surface area (Å²) in [5.41, 5.74) is 5.43. The van der Waals surface area contributed by atoms with E-state index in [0.717, 1.165) is 24.0 Å². The fourth-order valence-corrected chi connectivity index (χ4v) is 3.44. The Hall–Kier alpha value is -3.53. The van der Waals surface area contributed by atoms with Gasteiger partial charge < -0.3 is 15.3 Å². The van der Waals surface area contributed by atoms with Gasteiger partial charge >= 0.3 is 0 Å². The van der Waals surface area contributed by atoms with Crippen LogP contribution in [0.1, 0.15) is 74.5 Å². The molecule has 0 aliphatic carbocycles. The summed E-state index contributed by atoms with van der Waals surface area (Å²) in [6.07, 6.45) is 11.9. The number of allylic oxidation sites excluding steroid dienone is 7. The number of hydrogen-bond donors (Lipinski definition) is 3. The van der Waals surface area contributed by atoms with Crippen molar-refractivity contribution < 1.29 is 20.1 Å². The number of rotatable bonds is 10. The zero-order chi connectivity index (χ0) is 25.3. The van der Waals surface area contributed by atoms with Crippen LogP contribution in [0.5, 0.6) is 17.2 Å². The van der Waals surface area contributed by atoms with Crippen molar-refractivity contribution in [2.45, 2.75) is 60.3 Å². The number of carbonyl (C=O) groups is 1. The maximum atomic E-state index is 13.0. The molecule has 2 rings (SSSR count). The number of benzene rings is 2. The highest BCUT2D eigenvalue weighted by atomic mass is 16.3. The first-order valence-corrected chi connectivity index (χ1v) is 11.6. The third-order valence-corrected chi connectivity index (χ3v) is 5.51. The van der Waals surface area contributed by atoms with E-state index in [9.17, 15) is 20.1 Å². The summed E-state index contributed by atoms with van der Waals surface area (Å²) in [7, 11) is 0. The Kier molecular flexibility index (Phi) is 9.93. The predicted octanol–water partition coefficient (Wildman–Crippen LogP) is 7.44. The van der Waals surface area contributed by atoms with Gasteiger partial charge in [0.1, 0.15) is 17.2 Å². The molecule has 4 heteroatoms. The van der Waals surface area contributed by atoms with Gasteiger partial charge in [-0.05, 0) is 95.7 Å². The van der Waals surface area contributed by atoms with Crippen molar-refractivity contribution in [3.8, 4) is 17.2 Å². The third kappa shape index (κ3) is 8.11. The van der Waals surface area contributed by atoms with Gasteiger partial charge in [0.05, 0.1) is 5.56 Å². The summed E-state index contributed by atoms with van der Waals surface area (Å²) in [4.78, 5) is 13.0. The largest absolute Gasteiger partial charge is 0.508 e. The normalized spacial score (nSPS) is 11.5. The molecule has 0 heterocycles. The molecule has 0 saturated carbocycles. The topological polar surface area (TPSA) is 77.8 Å². The summed E-state index contributed by atoms with van der Waals surface area (Å²) in [5, 5.41) is 31.2. The van der Waals surface area contributed by atoms with E-state index in [0.29, 0.717) is 24.0 Å². The lowest BCUT2D eigenvalue weighted by atomic mass is 9.94. The third-order valence-electron chi connectivity index (χ3n) is 5.51. The van der Waals surface area contributed by atoms with Crippen LogP contribution in [0.25, 0.3) is 6.08 Å². The Balaban J connectivity index is 2.39. The number of phenolic OH excluding ortho intramolecular Hbond substituents is 3. The van der Waals surface area contributed by atoms with E-state index < -0.39 is 0 Å². The predicted molar refractivity (Wildman–Crippen MR) is 141 cm³/mol. The van der Waals surface area contributed by atoms with Crippen molar-refractivity contribution in [1.82, 2.24) is 0 Å². The lowest BCUT2D eigenvalue weighted by Gasteiger charge is -2.14. The van der Waals surface area contributed by atoms with Crippen molar-refractivity contribution >= 4 is 11.9 Å². The van der Waals surface area contributed by atoms with Crippen LogP contribution in [0.2, 0.25) is 0 Å². The maximum absolute atomic E-state index is 13.0. The van der Waals surface area contributed by atoms with E-state index >= 15 is 0 Å².